The number of carbonyl (C=O) groups is 1. The van der Waals surface area contributed by atoms with Gasteiger partial charge < -0.3 is 13.9 Å². The van der Waals surface area contributed by atoms with E-state index in [0.717, 1.165) is 5.56 Å². The van der Waals surface area contributed by atoms with E-state index >= 15 is 0 Å². The highest BCUT2D eigenvalue weighted by Gasteiger charge is 2.34. The van der Waals surface area contributed by atoms with Crippen molar-refractivity contribution in [3.05, 3.63) is 86.6 Å². The van der Waals surface area contributed by atoms with Crippen LogP contribution in [0.2, 0.25) is 10.0 Å². The Morgan fingerprint density at radius 2 is 1.97 bits per heavy atom. The minimum absolute atomic E-state index is 0.212. The van der Waals surface area contributed by atoms with Crippen molar-refractivity contribution in [1.29, 1.82) is 0 Å². The standard InChI is InChI=1S/C27H25Cl2N3O4S/c1-17(2)16-36-22-10-9-18(12-23(22)34-3)14-30-31-27-32(15-20-7-5-11-35-20)26(33)24(37-27)13-19-6-4-8-21(28)25(19)29/h4-14,17H,15-16H2,1-3H3/b24-13-,30-14+,31-27-. The quantitative estimate of drug-likeness (QED) is 0.159. The van der Waals surface area contributed by atoms with Crippen LogP contribution >= 0.6 is 35.0 Å². The van der Waals surface area contributed by atoms with Gasteiger partial charge in [-0.1, -0.05) is 49.2 Å². The van der Waals surface area contributed by atoms with Gasteiger partial charge in [-0.15, -0.1) is 5.10 Å². The van der Waals surface area contributed by atoms with Crippen LogP contribution in [0.5, 0.6) is 11.5 Å². The Hall–Kier alpha value is -3.20. The number of hydrogen-bond acceptors (Lipinski definition) is 7. The third-order valence-electron chi connectivity index (χ3n) is 5.16. The Kier molecular flexibility index (Phi) is 8.97. The van der Waals surface area contributed by atoms with Gasteiger partial charge in [0, 0.05) is 0 Å². The zero-order valence-electron chi connectivity index (χ0n) is 20.5. The summed E-state index contributed by atoms with van der Waals surface area (Å²) in [5.41, 5.74) is 1.41. The van der Waals surface area contributed by atoms with Crippen molar-refractivity contribution >= 4 is 58.3 Å². The number of amidine groups is 1. The summed E-state index contributed by atoms with van der Waals surface area (Å²) in [5.74, 6) is 2.04. The van der Waals surface area contributed by atoms with Gasteiger partial charge in [0.05, 0.1) is 47.7 Å². The zero-order chi connectivity index (χ0) is 26.4. The van der Waals surface area contributed by atoms with E-state index in [4.69, 9.17) is 37.1 Å². The molecule has 2 heterocycles. The monoisotopic (exact) mass is 557 g/mol. The molecule has 0 radical (unpaired) electrons. The fraction of sp³-hybridized carbons (Fsp3) is 0.222. The molecule has 1 aliphatic heterocycles. The average Bonchev–Trinajstić information content (AvgIpc) is 3.50. The molecule has 1 fully saturated rings. The first-order valence-corrected chi connectivity index (χ1v) is 13.0. The summed E-state index contributed by atoms with van der Waals surface area (Å²) in [6.45, 7) is 4.96. The highest BCUT2D eigenvalue weighted by molar-refractivity contribution is 8.18. The van der Waals surface area contributed by atoms with Crippen LogP contribution in [0.1, 0.15) is 30.7 Å². The molecule has 0 spiro atoms. The fourth-order valence-corrected chi connectivity index (χ4v) is 4.63. The maximum atomic E-state index is 13.3. The molecule has 4 rings (SSSR count). The first-order valence-electron chi connectivity index (χ1n) is 11.5. The van der Waals surface area contributed by atoms with Crippen LogP contribution in [0.25, 0.3) is 6.08 Å². The molecule has 0 unspecified atom stereocenters. The molecule has 7 nitrogen and oxygen atoms in total. The Morgan fingerprint density at radius 3 is 2.70 bits per heavy atom. The largest absolute Gasteiger partial charge is 0.493 e. The molecular weight excluding hydrogens is 533 g/mol. The molecule has 0 saturated carbocycles. The second-order valence-electron chi connectivity index (χ2n) is 8.47. The molecule has 0 atom stereocenters. The normalized spacial score (nSPS) is 16.1. The molecule has 2 aromatic carbocycles. The van der Waals surface area contributed by atoms with Gasteiger partial charge in [-0.2, -0.15) is 5.10 Å². The van der Waals surface area contributed by atoms with E-state index in [0.29, 0.717) is 55.5 Å². The van der Waals surface area contributed by atoms with Crippen molar-refractivity contribution in [1.82, 2.24) is 4.90 Å². The van der Waals surface area contributed by atoms with Gasteiger partial charge in [-0.25, -0.2) is 0 Å². The third-order valence-corrected chi connectivity index (χ3v) is 6.99. The minimum Gasteiger partial charge on any atom is -0.493 e. The van der Waals surface area contributed by atoms with Crippen molar-refractivity contribution in [2.75, 3.05) is 13.7 Å². The average molecular weight is 558 g/mol. The Bertz CT molecular complexity index is 1350. The van der Waals surface area contributed by atoms with Crippen LogP contribution < -0.4 is 9.47 Å². The van der Waals surface area contributed by atoms with Gasteiger partial charge in [-0.3, -0.25) is 9.69 Å². The topological polar surface area (TPSA) is 76.6 Å². The molecule has 1 saturated heterocycles. The van der Waals surface area contributed by atoms with Crippen molar-refractivity contribution < 1.29 is 18.7 Å². The highest BCUT2D eigenvalue weighted by atomic mass is 35.5. The first kappa shape index (κ1) is 26.9. The molecule has 1 amide bonds. The Labute approximate surface area is 229 Å². The number of ether oxygens (including phenoxy) is 2. The molecule has 0 bridgehead atoms. The van der Waals surface area contributed by atoms with Crippen LogP contribution in [0, 0.1) is 5.92 Å². The van der Waals surface area contributed by atoms with Gasteiger partial charge in [0.2, 0.25) is 0 Å². The van der Waals surface area contributed by atoms with E-state index in [1.54, 1.807) is 56.0 Å². The molecule has 1 aromatic heterocycles. The van der Waals surface area contributed by atoms with E-state index in [1.165, 1.54) is 16.7 Å². The summed E-state index contributed by atoms with van der Waals surface area (Å²) in [4.78, 5) is 15.2. The lowest BCUT2D eigenvalue weighted by molar-refractivity contribution is -0.122. The summed E-state index contributed by atoms with van der Waals surface area (Å²) in [7, 11) is 1.59. The lowest BCUT2D eigenvalue weighted by atomic mass is 10.2. The van der Waals surface area contributed by atoms with Crippen LogP contribution in [-0.2, 0) is 11.3 Å². The lowest BCUT2D eigenvalue weighted by Gasteiger charge is -2.13. The number of halogens is 2. The first-order chi connectivity index (χ1) is 17.9. The number of carbonyl (C=O) groups excluding carboxylic acids is 1. The number of thioether (sulfide) groups is 1. The zero-order valence-corrected chi connectivity index (χ0v) is 22.8. The predicted molar refractivity (Wildman–Crippen MR) is 150 cm³/mol. The Morgan fingerprint density at radius 1 is 1.14 bits per heavy atom. The summed E-state index contributed by atoms with van der Waals surface area (Å²) in [5, 5.41) is 9.77. The molecule has 3 aromatic rings. The van der Waals surface area contributed by atoms with Gasteiger partial charge in [-0.05, 0) is 71.3 Å². The minimum atomic E-state index is -0.236. The number of methoxy groups -OCH3 is 1. The molecule has 0 aliphatic carbocycles. The van der Waals surface area contributed by atoms with Crippen LogP contribution in [0.3, 0.4) is 0 Å². The maximum Gasteiger partial charge on any atom is 0.267 e. The summed E-state index contributed by atoms with van der Waals surface area (Å²) in [6.07, 6.45) is 4.85. The van der Waals surface area contributed by atoms with E-state index in [9.17, 15) is 4.79 Å². The molecule has 1 aliphatic rings. The third kappa shape index (κ3) is 6.77. The van der Waals surface area contributed by atoms with Crippen LogP contribution in [-0.4, -0.2) is 35.9 Å². The van der Waals surface area contributed by atoms with Gasteiger partial charge in [0.1, 0.15) is 5.76 Å². The van der Waals surface area contributed by atoms with Crippen LogP contribution in [0.4, 0.5) is 0 Å². The lowest BCUT2D eigenvalue weighted by Crippen LogP contribution is -2.28. The smallest absolute Gasteiger partial charge is 0.267 e. The van der Waals surface area contributed by atoms with Crippen molar-refractivity contribution in [3.8, 4) is 11.5 Å². The van der Waals surface area contributed by atoms with E-state index in [-0.39, 0.29) is 12.5 Å². The van der Waals surface area contributed by atoms with Gasteiger partial charge in [0.25, 0.3) is 5.91 Å². The molecule has 37 heavy (non-hydrogen) atoms. The van der Waals surface area contributed by atoms with E-state index in [2.05, 4.69) is 24.1 Å². The summed E-state index contributed by atoms with van der Waals surface area (Å²) >= 11 is 13.7. The molecule has 10 heteroatoms. The number of furan rings is 1. The SMILES string of the molecule is COc1cc(/C=N/N=C2\S/C(=C\c3cccc(Cl)c3Cl)C(=O)N2Cc2ccco2)ccc1OCC(C)C. The number of hydrogen-bond donors (Lipinski definition) is 0. The molecule has 192 valence electrons. The summed E-state index contributed by atoms with van der Waals surface area (Å²) < 4.78 is 16.7. The van der Waals surface area contributed by atoms with E-state index < -0.39 is 0 Å². The second-order valence-corrected chi connectivity index (χ2v) is 10.3. The maximum absolute atomic E-state index is 13.3. The highest BCUT2D eigenvalue weighted by Crippen LogP contribution is 2.36. The predicted octanol–water partition coefficient (Wildman–Crippen LogP) is 7.14. The van der Waals surface area contributed by atoms with Gasteiger partial charge >= 0.3 is 0 Å². The molecule has 0 N–H and O–H groups in total. The van der Waals surface area contributed by atoms with Crippen molar-refractivity contribution in [3.63, 3.8) is 0 Å². The van der Waals surface area contributed by atoms with Crippen LogP contribution in [0.15, 0.2) is 74.3 Å². The number of nitrogens with zero attached hydrogens (tertiary/aromatic N) is 3. The number of amides is 1. The fourth-order valence-electron chi connectivity index (χ4n) is 3.34. The number of rotatable bonds is 9. The van der Waals surface area contributed by atoms with Crippen molar-refractivity contribution in [2.24, 2.45) is 16.1 Å². The Balaban J connectivity index is 1.59. The molecular formula is C27H25Cl2N3O4S. The van der Waals surface area contributed by atoms with E-state index in [1.807, 2.05) is 18.2 Å². The van der Waals surface area contributed by atoms with Crippen molar-refractivity contribution in [2.45, 2.75) is 20.4 Å². The second kappa shape index (κ2) is 12.4. The number of benzene rings is 2. The summed E-state index contributed by atoms with van der Waals surface area (Å²) in [6, 6.07) is 14.3. The van der Waals surface area contributed by atoms with Gasteiger partial charge in [0.15, 0.2) is 16.7 Å².